The smallest absolute Gasteiger partial charge is 0.315 e. The van der Waals surface area contributed by atoms with E-state index in [4.69, 9.17) is 4.74 Å². The van der Waals surface area contributed by atoms with E-state index in [0.717, 1.165) is 5.56 Å². The number of hydrogen-bond acceptors (Lipinski definition) is 8. The Morgan fingerprint density at radius 2 is 2.14 bits per heavy atom. The highest BCUT2D eigenvalue weighted by Crippen LogP contribution is 2.36. The van der Waals surface area contributed by atoms with Gasteiger partial charge in [0.05, 0.1) is 17.7 Å². The minimum atomic E-state index is -0.672. The molecule has 0 bridgehead atoms. The maximum absolute atomic E-state index is 11.2. The zero-order valence-electron chi connectivity index (χ0n) is 14.9. The van der Waals surface area contributed by atoms with Crippen molar-refractivity contribution < 1.29 is 14.8 Å². The Kier molecular flexibility index (Phi) is 6.22. The van der Waals surface area contributed by atoms with Crippen molar-refractivity contribution in [3.63, 3.8) is 0 Å². The van der Waals surface area contributed by atoms with Crippen molar-refractivity contribution in [3.8, 4) is 11.5 Å². The van der Waals surface area contributed by atoms with Crippen molar-refractivity contribution in [2.75, 3.05) is 6.61 Å². The molecule has 0 saturated carbocycles. The summed E-state index contributed by atoms with van der Waals surface area (Å²) < 4.78 is 6.74. The monoisotopic (exact) mass is 399 g/mol. The fourth-order valence-corrected chi connectivity index (χ4v) is 3.16. The molecule has 9 nitrogen and oxygen atoms in total. The van der Waals surface area contributed by atoms with Crippen molar-refractivity contribution >= 4 is 23.7 Å². The number of ether oxygens (including phenoxy) is 1. The van der Waals surface area contributed by atoms with Gasteiger partial charge < -0.3 is 9.84 Å². The lowest BCUT2D eigenvalue weighted by molar-refractivity contribution is -0.386. The van der Waals surface area contributed by atoms with Crippen LogP contribution in [0.5, 0.6) is 11.5 Å². The topological polar surface area (TPSA) is 116 Å². The molecule has 0 spiro atoms. The second-order valence-electron chi connectivity index (χ2n) is 5.55. The average Bonchev–Trinajstić information content (AvgIpc) is 3.15. The van der Waals surface area contributed by atoms with Gasteiger partial charge in [-0.15, -0.1) is 10.2 Å². The molecule has 1 N–H and O–H groups in total. The standard InChI is InChI=1S/C18H17N5O4S/c1-2-27-16-9-14(8-15(17(16)24)23(25)26)10-20-22-12-19-21-18(22)28-11-13-6-4-3-5-7-13/h3-10,12,24H,2,11H2,1H3/b20-10+. The minimum Gasteiger partial charge on any atom is -0.500 e. The lowest BCUT2D eigenvalue weighted by atomic mass is 10.2. The molecule has 0 saturated heterocycles. The second kappa shape index (κ2) is 9.00. The first-order chi connectivity index (χ1) is 13.6. The van der Waals surface area contributed by atoms with E-state index < -0.39 is 16.4 Å². The molecule has 0 aliphatic heterocycles. The second-order valence-corrected chi connectivity index (χ2v) is 6.50. The SMILES string of the molecule is CCOc1cc(/C=N/n2cnnc2SCc2ccccc2)cc([N+](=O)[O-])c1O. The fraction of sp³-hybridized carbons (Fsp3) is 0.167. The van der Waals surface area contributed by atoms with Crippen LogP contribution in [0.1, 0.15) is 18.1 Å². The summed E-state index contributed by atoms with van der Waals surface area (Å²) >= 11 is 1.47. The molecule has 2 aromatic carbocycles. The fourth-order valence-electron chi connectivity index (χ4n) is 2.34. The first kappa shape index (κ1) is 19.4. The molecule has 0 amide bonds. The summed E-state index contributed by atoms with van der Waals surface area (Å²) in [5.74, 6) is 0.224. The van der Waals surface area contributed by atoms with Gasteiger partial charge in [0.15, 0.2) is 5.75 Å². The van der Waals surface area contributed by atoms with Gasteiger partial charge >= 0.3 is 5.69 Å². The lowest BCUT2D eigenvalue weighted by Crippen LogP contribution is -1.98. The van der Waals surface area contributed by atoms with E-state index >= 15 is 0 Å². The van der Waals surface area contributed by atoms with E-state index in [1.165, 1.54) is 41.1 Å². The largest absolute Gasteiger partial charge is 0.500 e. The Labute approximate surface area is 164 Å². The highest BCUT2D eigenvalue weighted by Gasteiger charge is 2.19. The van der Waals surface area contributed by atoms with Crippen LogP contribution < -0.4 is 4.74 Å². The molecule has 0 radical (unpaired) electrons. The maximum atomic E-state index is 11.2. The summed E-state index contributed by atoms with van der Waals surface area (Å²) in [4.78, 5) is 10.5. The van der Waals surface area contributed by atoms with Gasteiger partial charge in [-0.3, -0.25) is 10.1 Å². The van der Waals surface area contributed by atoms with Crippen LogP contribution in [-0.2, 0) is 5.75 Å². The lowest BCUT2D eigenvalue weighted by Gasteiger charge is -2.07. The Morgan fingerprint density at radius 3 is 2.86 bits per heavy atom. The van der Waals surface area contributed by atoms with Gasteiger partial charge in [0, 0.05) is 17.4 Å². The number of hydrogen-bond donors (Lipinski definition) is 1. The number of thioether (sulfide) groups is 1. The van der Waals surface area contributed by atoms with Gasteiger partial charge in [-0.05, 0) is 18.6 Å². The highest BCUT2D eigenvalue weighted by atomic mass is 32.2. The third-order valence-corrected chi connectivity index (χ3v) is 4.62. The predicted octanol–water partition coefficient (Wildman–Crippen LogP) is 3.47. The minimum absolute atomic E-state index is 0.0283. The number of phenols is 1. The zero-order valence-corrected chi connectivity index (χ0v) is 15.7. The van der Waals surface area contributed by atoms with E-state index in [1.807, 2.05) is 30.3 Å². The molecule has 28 heavy (non-hydrogen) atoms. The number of nitro groups is 1. The van der Waals surface area contributed by atoms with Crippen LogP contribution in [0.3, 0.4) is 0 Å². The quantitative estimate of drug-likeness (QED) is 0.267. The third kappa shape index (κ3) is 4.65. The van der Waals surface area contributed by atoms with Gasteiger partial charge in [-0.25, -0.2) is 0 Å². The van der Waals surface area contributed by atoms with Gasteiger partial charge in [-0.1, -0.05) is 42.1 Å². The highest BCUT2D eigenvalue weighted by molar-refractivity contribution is 7.98. The molecule has 0 aliphatic rings. The summed E-state index contributed by atoms with van der Waals surface area (Å²) in [6.07, 6.45) is 2.87. The number of nitrogens with zero attached hydrogens (tertiary/aromatic N) is 5. The number of phenolic OH excluding ortho intramolecular Hbond substituents is 1. The summed E-state index contributed by atoms with van der Waals surface area (Å²) in [5, 5.41) is 33.9. The van der Waals surface area contributed by atoms with Crippen molar-refractivity contribution in [2.24, 2.45) is 5.10 Å². The first-order valence-corrected chi connectivity index (χ1v) is 9.32. The van der Waals surface area contributed by atoms with Crippen molar-refractivity contribution in [1.29, 1.82) is 0 Å². The summed E-state index contributed by atoms with van der Waals surface area (Å²) in [7, 11) is 0. The van der Waals surface area contributed by atoms with E-state index in [2.05, 4.69) is 15.3 Å². The van der Waals surface area contributed by atoms with Crippen LogP contribution in [-0.4, -0.2) is 37.7 Å². The van der Waals surface area contributed by atoms with Gasteiger partial charge in [0.1, 0.15) is 6.33 Å². The molecule has 3 rings (SSSR count). The summed E-state index contributed by atoms with van der Waals surface area (Å²) in [6.45, 7) is 1.98. The van der Waals surface area contributed by atoms with Crippen LogP contribution >= 0.6 is 11.8 Å². The normalized spacial score (nSPS) is 11.0. The Balaban J connectivity index is 1.80. The third-order valence-electron chi connectivity index (χ3n) is 3.62. The van der Waals surface area contributed by atoms with Crippen LogP contribution in [0.25, 0.3) is 0 Å². The van der Waals surface area contributed by atoms with Gasteiger partial charge in [-0.2, -0.15) is 9.78 Å². The number of benzene rings is 2. The molecule has 3 aromatic rings. The van der Waals surface area contributed by atoms with Crippen LogP contribution in [0.4, 0.5) is 5.69 Å². The van der Waals surface area contributed by atoms with Gasteiger partial charge in [0.25, 0.3) is 0 Å². The molecule has 144 valence electrons. The van der Waals surface area contributed by atoms with Gasteiger partial charge in [0.2, 0.25) is 10.9 Å². The number of nitro benzene ring substituents is 1. The Morgan fingerprint density at radius 1 is 1.36 bits per heavy atom. The summed E-state index contributed by atoms with van der Waals surface area (Å²) in [6, 6.07) is 12.6. The maximum Gasteiger partial charge on any atom is 0.315 e. The van der Waals surface area contributed by atoms with Crippen molar-refractivity contribution in [3.05, 3.63) is 70.0 Å². The first-order valence-electron chi connectivity index (χ1n) is 8.33. The van der Waals surface area contributed by atoms with Crippen LogP contribution in [0.15, 0.2) is 59.0 Å². The Hall–Kier alpha value is -3.40. The van der Waals surface area contributed by atoms with E-state index in [1.54, 1.807) is 6.92 Å². The van der Waals surface area contributed by atoms with E-state index in [9.17, 15) is 15.2 Å². The van der Waals surface area contributed by atoms with Crippen molar-refractivity contribution in [2.45, 2.75) is 17.8 Å². The molecule has 0 fully saturated rings. The molecule has 0 unspecified atom stereocenters. The van der Waals surface area contributed by atoms with E-state index in [0.29, 0.717) is 16.5 Å². The number of rotatable bonds is 8. The molecule has 0 aliphatic carbocycles. The zero-order chi connectivity index (χ0) is 19.9. The van der Waals surface area contributed by atoms with E-state index in [-0.39, 0.29) is 12.4 Å². The Bertz CT molecular complexity index is 991. The predicted molar refractivity (Wildman–Crippen MR) is 105 cm³/mol. The number of aromatic nitrogens is 3. The molecule has 1 heterocycles. The average molecular weight is 399 g/mol. The van der Waals surface area contributed by atoms with Crippen LogP contribution in [0.2, 0.25) is 0 Å². The molecular weight excluding hydrogens is 382 g/mol. The number of aromatic hydroxyl groups is 1. The molecule has 1 aromatic heterocycles. The van der Waals surface area contributed by atoms with Crippen LogP contribution in [0, 0.1) is 10.1 Å². The molecule has 10 heteroatoms. The molecular formula is C18H17N5O4S. The summed E-state index contributed by atoms with van der Waals surface area (Å²) in [5.41, 5.74) is 1.09. The van der Waals surface area contributed by atoms with Crippen molar-refractivity contribution in [1.82, 2.24) is 14.9 Å². The molecule has 0 atom stereocenters.